The molecule has 0 radical (unpaired) electrons. The maximum atomic E-state index is 10.8. The van der Waals surface area contributed by atoms with Crippen LogP contribution in [0.2, 0.25) is 0 Å². The Balaban J connectivity index is 2.36. The normalized spacial score (nSPS) is 19.9. The number of rotatable bonds is 2. The van der Waals surface area contributed by atoms with Crippen LogP contribution in [-0.2, 0) is 9.53 Å². The van der Waals surface area contributed by atoms with E-state index in [2.05, 4.69) is 5.32 Å². The van der Waals surface area contributed by atoms with Crippen LogP contribution in [0.15, 0.2) is 11.1 Å². The standard InChI is InChI=1S/C7H11NO2S/c1-2-10-7(9)5-6-8-3-4-11-6/h5,8H,2-4H2,1H3/b6-5-. The van der Waals surface area contributed by atoms with Crippen molar-refractivity contribution >= 4 is 17.7 Å². The average molecular weight is 173 g/mol. The SMILES string of the molecule is CCOC(=O)/C=C1/NCCS1. The van der Waals surface area contributed by atoms with Crippen molar-refractivity contribution in [1.29, 1.82) is 0 Å². The molecule has 11 heavy (non-hydrogen) atoms. The lowest BCUT2D eigenvalue weighted by Crippen LogP contribution is -2.07. The van der Waals surface area contributed by atoms with Crippen LogP contribution in [0.4, 0.5) is 0 Å². The molecule has 0 aromatic carbocycles. The minimum Gasteiger partial charge on any atom is -0.463 e. The Bertz CT molecular complexity index is 171. The summed E-state index contributed by atoms with van der Waals surface area (Å²) in [6, 6.07) is 0. The zero-order valence-electron chi connectivity index (χ0n) is 6.42. The molecular weight excluding hydrogens is 162 g/mol. The van der Waals surface area contributed by atoms with Crippen LogP contribution in [0.5, 0.6) is 0 Å². The summed E-state index contributed by atoms with van der Waals surface area (Å²) in [5.74, 6) is 0.773. The molecule has 1 aliphatic rings. The Labute approximate surface area is 70.2 Å². The molecule has 62 valence electrons. The molecule has 0 bridgehead atoms. The van der Waals surface area contributed by atoms with Crippen molar-refractivity contribution in [1.82, 2.24) is 5.32 Å². The smallest absolute Gasteiger partial charge is 0.333 e. The van der Waals surface area contributed by atoms with E-state index in [0.29, 0.717) is 6.61 Å². The van der Waals surface area contributed by atoms with Crippen molar-refractivity contribution in [2.24, 2.45) is 0 Å². The molecule has 0 spiro atoms. The van der Waals surface area contributed by atoms with E-state index in [0.717, 1.165) is 17.3 Å². The van der Waals surface area contributed by atoms with Gasteiger partial charge in [0.05, 0.1) is 17.7 Å². The molecule has 0 aromatic heterocycles. The molecule has 0 unspecified atom stereocenters. The van der Waals surface area contributed by atoms with Crippen molar-refractivity contribution in [2.45, 2.75) is 6.92 Å². The average Bonchev–Trinajstić information content (AvgIpc) is 2.40. The summed E-state index contributed by atoms with van der Waals surface area (Å²) in [6.45, 7) is 3.18. The molecule has 1 fully saturated rings. The lowest BCUT2D eigenvalue weighted by molar-refractivity contribution is -0.137. The predicted octanol–water partition coefficient (Wildman–Crippen LogP) is 0.727. The number of nitrogens with one attached hydrogen (secondary N) is 1. The van der Waals surface area contributed by atoms with E-state index in [1.807, 2.05) is 0 Å². The van der Waals surface area contributed by atoms with Gasteiger partial charge in [0, 0.05) is 12.3 Å². The van der Waals surface area contributed by atoms with E-state index in [-0.39, 0.29) is 5.97 Å². The number of carbonyl (C=O) groups is 1. The lowest BCUT2D eigenvalue weighted by atomic mass is 10.6. The van der Waals surface area contributed by atoms with Crippen LogP contribution in [0.25, 0.3) is 0 Å². The number of esters is 1. The highest BCUT2D eigenvalue weighted by Crippen LogP contribution is 2.16. The first kappa shape index (κ1) is 8.46. The van der Waals surface area contributed by atoms with E-state index in [1.54, 1.807) is 18.7 Å². The first-order chi connectivity index (χ1) is 5.33. The molecule has 1 saturated heterocycles. The molecular formula is C7H11NO2S. The Kier molecular flexibility index (Phi) is 3.29. The summed E-state index contributed by atoms with van der Waals surface area (Å²) in [5.41, 5.74) is 0. The number of ether oxygens (including phenoxy) is 1. The highest BCUT2D eigenvalue weighted by molar-refractivity contribution is 8.03. The summed E-state index contributed by atoms with van der Waals surface area (Å²) in [6.07, 6.45) is 1.50. The molecule has 4 heteroatoms. The summed E-state index contributed by atoms with van der Waals surface area (Å²) in [5, 5.41) is 3.99. The maximum Gasteiger partial charge on any atom is 0.333 e. The van der Waals surface area contributed by atoms with Crippen LogP contribution < -0.4 is 5.32 Å². The Morgan fingerprint density at radius 2 is 2.73 bits per heavy atom. The highest BCUT2D eigenvalue weighted by atomic mass is 32.2. The number of hydrogen-bond acceptors (Lipinski definition) is 4. The lowest BCUT2D eigenvalue weighted by Gasteiger charge is -1.97. The van der Waals surface area contributed by atoms with Gasteiger partial charge in [0.15, 0.2) is 0 Å². The van der Waals surface area contributed by atoms with Gasteiger partial charge in [0.1, 0.15) is 0 Å². The summed E-state index contributed by atoms with van der Waals surface area (Å²) < 4.78 is 4.74. The van der Waals surface area contributed by atoms with Gasteiger partial charge in [0.25, 0.3) is 0 Å². The van der Waals surface area contributed by atoms with Gasteiger partial charge in [-0.3, -0.25) is 0 Å². The third-order valence-electron chi connectivity index (χ3n) is 1.19. The fourth-order valence-electron chi connectivity index (χ4n) is 0.770. The van der Waals surface area contributed by atoms with Crippen LogP contribution in [0, 0.1) is 0 Å². The van der Waals surface area contributed by atoms with Crippen LogP contribution >= 0.6 is 11.8 Å². The first-order valence-corrected chi connectivity index (χ1v) is 4.56. The van der Waals surface area contributed by atoms with Gasteiger partial charge in [-0.05, 0) is 6.92 Å². The predicted molar refractivity (Wildman–Crippen MR) is 45.2 cm³/mol. The van der Waals surface area contributed by atoms with Gasteiger partial charge in [0.2, 0.25) is 0 Å². The topological polar surface area (TPSA) is 38.3 Å². The molecule has 0 aliphatic carbocycles. The molecule has 0 saturated carbocycles. The molecule has 1 N–H and O–H groups in total. The minimum absolute atomic E-state index is 0.260. The number of carbonyl (C=O) groups excluding carboxylic acids is 1. The van der Waals surface area contributed by atoms with E-state index in [9.17, 15) is 4.79 Å². The monoisotopic (exact) mass is 173 g/mol. The zero-order valence-corrected chi connectivity index (χ0v) is 7.24. The van der Waals surface area contributed by atoms with Gasteiger partial charge in [-0.1, -0.05) is 0 Å². The van der Waals surface area contributed by atoms with Crippen molar-refractivity contribution in [3.63, 3.8) is 0 Å². The van der Waals surface area contributed by atoms with E-state index >= 15 is 0 Å². The second kappa shape index (κ2) is 4.28. The molecule has 0 amide bonds. The Morgan fingerprint density at radius 3 is 3.27 bits per heavy atom. The van der Waals surface area contributed by atoms with Crippen LogP contribution in [0.3, 0.4) is 0 Å². The molecule has 1 rings (SSSR count). The largest absolute Gasteiger partial charge is 0.463 e. The van der Waals surface area contributed by atoms with Crippen LogP contribution in [-0.4, -0.2) is 24.9 Å². The van der Waals surface area contributed by atoms with Crippen molar-refractivity contribution in [3.05, 3.63) is 11.1 Å². The van der Waals surface area contributed by atoms with E-state index < -0.39 is 0 Å². The quantitative estimate of drug-likeness (QED) is 0.493. The number of hydrogen-bond donors (Lipinski definition) is 1. The fourth-order valence-corrected chi connectivity index (χ4v) is 1.58. The van der Waals surface area contributed by atoms with E-state index in [4.69, 9.17) is 4.74 Å². The van der Waals surface area contributed by atoms with Gasteiger partial charge >= 0.3 is 5.97 Å². The number of thioether (sulfide) groups is 1. The first-order valence-electron chi connectivity index (χ1n) is 3.58. The van der Waals surface area contributed by atoms with Crippen molar-refractivity contribution < 1.29 is 9.53 Å². The second-order valence-corrected chi connectivity index (χ2v) is 3.17. The third kappa shape index (κ3) is 2.84. The van der Waals surface area contributed by atoms with Gasteiger partial charge in [-0.15, -0.1) is 11.8 Å². The third-order valence-corrected chi connectivity index (χ3v) is 2.18. The fraction of sp³-hybridized carbons (Fsp3) is 0.571. The highest BCUT2D eigenvalue weighted by Gasteiger charge is 2.07. The van der Waals surface area contributed by atoms with Crippen LogP contribution in [0.1, 0.15) is 6.92 Å². The van der Waals surface area contributed by atoms with Gasteiger partial charge in [-0.2, -0.15) is 0 Å². The zero-order chi connectivity index (χ0) is 8.10. The summed E-state index contributed by atoms with van der Waals surface area (Å²) >= 11 is 1.65. The molecule has 1 heterocycles. The van der Waals surface area contributed by atoms with E-state index in [1.165, 1.54) is 6.08 Å². The second-order valence-electron chi connectivity index (χ2n) is 2.04. The van der Waals surface area contributed by atoms with Crippen molar-refractivity contribution in [2.75, 3.05) is 18.9 Å². The molecule has 1 aliphatic heterocycles. The Morgan fingerprint density at radius 1 is 1.91 bits per heavy atom. The van der Waals surface area contributed by atoms with Crippen molar-refractivity contribution in [3.8, 4) is 0 Å². The van der Waals surface area contributed by atoms with Gasteiger partial charge < -0.3 is 10.1 Å². The minimum atomic E-state index is -0.260. The summed E-state index contributed by atoms with van der Waals surface area (Å²) in [4.78, 5) is 10.8. The molecule has 0 atom stereocenters. The maximum absolute atomic E-state index is 10.8. The Hall–Kier alpha value is -0.640. The van der Waals surface area contributed by atoms with Gasteiger partial charge in [-0.25, -0.2) is 4.79 Å². The summed E-state index contributed by atoms with van der Waals surface area (Å²) in [7, 11) is 0. The molecule has 0 aromatic rings. The molecule has 3 nitrogen and oxygen atoms in total.